The lowest BCUT2D eigenvalue weighted by atomic mass is 10.2. The third kappa shape index (κ3) is 1.77. The fourth-order valence-electron chi connectivity index (χ4n) is 1.63. The Morgan fingerprint density at radius 2 is 1.77 bits per heavy atom. The van der Waals surface area contributed by atoms with Gasteiger partial charge in [0.2, 0.25) is 0 Å². The summed E-state index contributed by atoms with van der Waals surface area (Å²) in [6.07, 6.45) is 2.43. The summed E-state index contributed by atoms with van der Waals surface area (Å²) in [4.78, 5) is 10.3. The largest absolute Gasteiger partial charge is 0.246 e. The summed E-state index contributed by atoms with van der Waals surface area (Å²) in [6.45, 7) is 4.11. The molecule has 2 heteroatoms. The van der Waals surface area contributed by atoms with Crippen molar-refractivity contribution in [2.45, 2.75) is 25.4 Å². The van der Waals surface area contributed by atoms with Gasteiger partial charge in [-0.25, -0.2) is 4.89 Å². The smallest absolute Gasteiger partial charge is 0.174 e. The van der Waals surface area contributed by atoms with E-state index in [9.17, 15) is 4.89 Å². The SMILES string of the molecule is Cc1ccc([P+](C)(O)C2CC2)cc1. The molecular formula is C11H16OP+. The van der Waals surface area contributed by atoms with Crippen molar-refractivity contribution in [3.8, 4) is 0 Å². The van der Waals surface area contributed by atoms with Gasteiger partial charge in [-0.3, -0.25) is 0 Å². The lowest BCUT2D eigenvalue weighted by Gasteiger charge is -2.14. The van der Waals surface area contributed by atoms with Crippen LogP contribution in [0.15, 0.2) is 24.3 Å². The number of hydrogen-bond donors (Lipinski definition) is 1. The molecular weight excluding hydrogens is 179 g/mol. The zero-order valence-corrected chi connectivity index (χ0v) is 9.09. The van der Waals surface area contributed by atoms with Crippen molar-refractivity contribution in [3.05, 3.63) is 29.8 Å². The van der Waals surface area contributed by atoms with Crippen LogP contribution in [0.25, 0.3) is 0 Å². The zero-order chi connectivity index (χ0) is 9.47. The second-order valence-electron chi connectivity index (χ2n) is 4.09. The molecule has 0 aromatic heterocycles. The molecule has 1 aliphatic rings. The fourth-order valence-corrected chi connectivity index (χ4v) is 3.96. The highest BCUT2D eigenvalue weighted by Crippen LogP contribution is 2.63. The fraction of sp³-hybridized carbons (Fsp3) is 0.455. The molecule has 1 aromatic rings. The van der Waals surface area contributed by atoms with Gasteiger partial charge in [-0.15, -0.1) is 0 Å². The Morgan fingerprint density at radius 1 is 1.23 bits per heavy atom. The van der Waals surface area contributed by atoms with E-state index in [4.69, 9.17) is 0 Å². The Morgan fingerprint density at radius 3 is 2.23 bits per heavy atom. The number of aryl methyl sites for hydroxylation is 1. The van der Waals surface area contributed by atoms with Gasteiger partial charge in [0.05, 0.1) is 6.66 Å². The summed E-state index contributed by atoms with van der Waals surface area (Å²) >= 11 is 0. The van der Waals surface area contributed by atoms with Crippen molar-refractivity contribution in [1.29, 1.82) is 0 Å². The van der Waals surface area contributed by atoms with Crippen LogP contribution in [0.1, 0.15) is 18.4 Å². The predicted octanol–water partition coefficient (Wildman–Crippen LogP) is 2.34. The predicted molar refractivity (Wildman–Crippen MR) is 58.9 cm³/mol. The quantitative estimate of drug-likeness (QED) is 0.718. The van der Waals surface area contributed by atoms with Crippen molar-refractivity contribution < 1.29 is 4.89 Å². The lowest BCUT2D eigenvalue weighted by Crippen LogP contribution is -2.12. The Hall–Kier alpha value is -0.390. The first-order chi connectivity index (χ1) is 6.10. The second-order valence-corrected chi connectivity index (χ2v) is 7.39. The van der Waals surface area contributed by atoms with E-state index in [-0.39, 0.29) is 0 Å². The van der Waals surface area contributed by atoms with E-state index >= 15 is 0 Å². The minimum Gasteiger partial charge on any atom is -0.246 e. The summed E-state index contributed by atoms with van der Waals surface area (Å²) in [7, 11) is -1.78. The van der Waals surface area contributed by atoms with Gasteiger partial charge in [-0.1, -0.05) is 17.7 Å². The number of hydrogen-bond acceptors (Lipinski definition) is 1. The summed E-state index contributed by atoms with van der Waals surface area (Å²) < 4.78 is 0. The maximum atomic E-state index is 10.3. The first-order valence-corrected chi connectivity index (χ1v) is 7.02. The zero-order valence-electron chi connectivity index (χ0n) is 8.20. The highest BCUT2D eigenvalue weighted by Gasteiger charge is 2.49. The van der Waals surface area contributed by atoms with Gasteiger partial charge in [0.1, 0.15) is 11.0 Å². The van der Waals surface area contributed by atoms with E-state index in [2.05, 4.69) is 31.2 Å². The molecule has 0 saturated heterocycles. The third-order valence-corrected chi connectivity index (χ3v) is 6.10. The molecule has 0 bridgehead atoms. The summed E-state index contributed by atoms with van der Waals surface area (Å²) in [5.41, 5.74) is 1.86. The van der Waals surface area contributed by atoms with E-state index in [1.54, 1.807) is 0 Å². The Kier molecular flexibility index (Phi) is 2.17. The topological polar surface area (TPSA) is 20.2 Å². The minimum absolute atomic E-state index is 0.593. The molecule has 13 heavy (non-hydrogen) atoms. The highest BCUT2D eigenvalue weighted by molar-refractivity contribution is 7.78. The molecule has 0 heterocycles. The average molecular weight is 195 g/mol. The molecule has 1 aromatic carbocycles. The van der Waals surface area contributed by atoms with Crippen molar-refractivity contribution in [2.75, 3.05) is 6.66 Å². The van der Waals surface area contributed by atoms with E-state index in [0.29, 0.717) is 5.66 Å². The normalized spacial score (nSPS) is 21.2. The first-order valence-electron chi connectivity index (χ1n) is 4.77. The van der Waals surface area contributed by atoms with E-state index in [1.807, 2.05) is 6.66 Å². The van der Waals surface area contributed by atoms with Crippen LogP contribution >= 0.6 is 7.49 Å². The average Bonchev–Trinajstić information content (AvgIpc) is 2.87. The van der Waals surface area contributed by atoms with Crippen molar-refractivity contribution >= 4 is 12.8 Å². The lowest BCUT2D eigenvalue weighted by molar-refractivity contribution is 0.615. The number of benzene rings is 1. The molecule has 1 atom stereocenters. The monoisotopic (exact) mass is 195 g/mol. The molecule has 1 aliphatic carbocycles. The minimum atomic E-state index is -1.78. The molecule has 0 amide bonds. The third-order valence-electron chi connectivity index (χ3n) is 2.81. The summed E-state index contributed by atoms with van der Waals surface area (Å²) in [5.74, 6) is 0. The van der Waals surface area contributed by atoms with E-state index in [0.717, 1.165) is 0 Å². The van der Waals surface area contributed by atoms with Crippen LogP contribution in [-0.2, 0) is 0 Å². The van der Waals surface area contributed by atoms with Gasteiger partial charge >= 0.3 is 0 Å². The molecule has 1 nitrogen and oxygen atoms in total. The summed E-state index contributed by atoms with van der Waals surface area (Å²) in [5, 5.41) is 1.17. The van der Waals surface area contributed by atoms with Gasteiger partial charge in [-0.2, -0.15) is 0 Å². The maximum absolute atomic E-state index is 10.3. The van der Waals surface area contributed by atoms with Crippen molar-refractivity contribution in [1.82, 2.24) is 0 Å². The van der Waals surface area contributed by atoms with Gasteiger partial charge in [0, 0.05) is 0 Å². The molecule has 0 radical (unpaired) electrons. The van der Waals surface area contributed by atoms with Crippen LogP contribution in [-0.4, -0.2) is 17.2 Å². The molecule has 0 aliphatic heterocycles. The van der Waals surface area contributed by atoms with Crippen LogP contribution < -0.4 is 5.30 Å². The molecule has 1 N–H and O–H groups in total. The molecule has 2 rings (SSSR count). The Labute approximate surface area is 80.2 Å². The van der Waals surface area contributed by atoms with E-state index < -0.39 is 7.49 Å². The summed E-state index contributed by atoms with van der Waals surface area (Å²) in [6, 6.07) is 8.35. The van der Waals surface area contributed by atoms with Crippen LogP contribution in [0.4, 0.5) is 0 Å². The van der Waals surface area contributed by atoms with Crippen LogP contribution in [0.3, 0.4) is 0 Å². The van der Waals surface area contributed by atoms with Gasteiger partial charge in [-0.05, 0) is 31.9 Å². The highest BCUT2D eigenvalue weighted by atomic mass is 31.2. The molecule has 1 unspecified atom stereocenters. The molecule has 1 saturated carbocycles. The van der Waals surface area contributed by atoms with Gasteiger partial charge in [0.15, 0.2) is 7.49 Å². The van der Waals surface area contributed by atoms with Crippen molar-refractivity contribution in [2.24, 2.45) is 0 Å². The van der Waals surface area contributed by atoms with Gasteiger partial charge < -0.3 is 0 Å². The van der Waals surface area contributed by atoms with Crippen molar-refractivity contribution in [3.63, 3.8) is 0 Å². The second kappa shape index (κ2) is 3.08. The van der Waals surface area contributed by atoms with Crippen LogP contribution in [0.5, 0.6) is 0 Å². The standard InChI is InChI=1S/C11H16OP/c1-9-3-5-10(6-4-9)13(2,12)11-7-8-11/h3-6,11-12H,7-8H2,1-2H3/q+1. The maximum Gasteiger partial charge on any atom is 0.174 e. The Balaban J connectivity index is 2.28. The molecule has 70 valence electrons. The molecule has 0 spiro atoms. The van der Waals surface area contributed by atoms with Gasteiger partial charge in [0.25, 0.3) is 0 Å². The van der Waals surface area contributed by atoms with Crippen LogP contribution in [0.2, 0.25) is 0 Å². The molecule has 1 fully saturated rings. The Bertz CT molecular complexity index is 298. The van der Waals surface area contributed by atoms with Crippen LogP contribution in [0, 0.1) is 6.92 Å². The van der Waals surface area contributed by atoms with E-state index in [1.165, 1.54) is 23.7 Å². The first kappa shape index (κ1) is 9.18. The number of rotatable bonds is 2.